The van der Waals surface area contributed by atoms with Crippen LogP contribution in [0.15, 0.2) is 77.3 Å². The SMILES string of the molecule is COc1ccc(/C=C/c2cc(-c3ccc(Br)cc3)n3c(nc4ccccc43)c2C#N)cc1O. The van der Waals surface area contributed by atoms with Gasteiger partial charge in [-0.25, -0.2) is 4.98 Å². The van der Waals surface area contributed by atoms with Gasteiger partial charge in [-0.1, -0.05) is 58.4 Å². The Morgan fingerprint density at radius 2 is 1.82 bits per heavy atom. The lowest BCUT2D eigenvalue weighted by Gasteiger charge is -2.11. The van der Waals surface area contributed by atoms with E-state index in [0.717, 1.165) is 37.9 Å². The molecule has 33 heavy (non-hydrogen) atoms. The maximum absolute atomic E-state index is 10.1. The molecular formula is C27H18BrN3O2. The Kier molecular flexibility index (Phi) is 5.33. The van der Waals surface area contributed by atoms with Crippen molar-refractivity contribution in [2.75, 3.05) is 7.11 Å². The van der Waals surface area contributed by atoms with Gasteiger partial charge in [0.05, 0.1) is 23.8 Å². The lowest BCUT2D eigenvalue weighted by molar-refractivity contribution is 0.373. The Balaban J connectivity index is 1.75. The number of methoxy groups -OCH3 is 1. The summed E-state index contributed by atoms with van der Waals surface area (Å²) in [6.07, 6.45) is 3.74. The first-order valence-corrected chi connectivity index (χ1v) is 11.0. The van der Waals surface area contributed by atoms with Crippen LogP contribution in [0.4, 0.5) is 0 Å². The van der Waals surface area contributed by atoms with Gasteiger partial charge in [0.2, 0.25) is 0 Å². The smallest absolute Gasteiger partial charge is 0.160 e. The predicted molar refractivity (Wildman–Crippen MR) is 134 cm³/mol. The van der Waals surface area contributed by atoms with Gasteiger partial charge in [0.25, 0.3) is 0 Å². The van der Waals surface area contributed by atoms with Crippen LogP contribution >= 0.6 is 15.9 Å². The van der Waals surface area contributed by atoms with Crippen LogP contribution in [0.1, 0.15) is 16.7 Å². The highest BCUT2D eigenvalue weighted by Gasteiger charge is 2.17. The number of aromatic nitrogens is 2. The maximum Gasteiger partial charge on any atom is 0.160 e. The van der Waals surface area contributed by atoms with Gasteiger partial charge in [-0.15, -0.1) is 0 Å². The number of imidazole rings is 1. The van der Waals surface area contributed by atoms with Crippen molar-refractivity contribution < 1.29 is 9.84 Å². The summed E-state index contributed by atoms with van der Waals surface area (Å²) in [5, 5.41) is 20.1. The van der Waals surface area contributed by atoms with Crippen LogP contribution in [0.2, 0.25) is 0 Å². The number of pyridine rings is 1. The summed E-state index contributed by atoms with van der Waals surface area (Å²) in [5.41, 5.74) is 6.34. The van der Waals surface area contributed by atoms with Crippen molar-refractivity contribution in [3.8, 4) is 28.8 Å². The van der Waals surface area contributed by atoms with Crippen LogP contribution in [-0.2, 0) is 0 Å². The van der Waals surface area contributed by atoms with Crippen LogP contribution in [0, 0.1) is 11.3 Å². The van der Waals surface area contributed by atoms with Crippen molar-refractivity contribution in [1.82, 2.24) is 9.38 Å². The summed E-state index contributed by atoms with van der Waals surface area (Å²) < 4.78 is 8.14. The molecule has 0 saturated heterocycles. The molecule has 0 aliphatic heterocycles. The maximum atomic E-state index is 10.1. The highest BCUT2D eigenvalue weighted by atomic mass is 79.9. The van der Waals surface area contributed by atoms with Crippen LogP contribution in [0.3, 0.4) is 0 Å². The number of halogens is 1. The van der Waals surface area contributed by atoms with E-state index >= 15 is 0 Å². The molecule has 160 valence electrons. The van der Waals surface area contributed by atoms with Gasteiger partial charge in [-0.3, -0.25) is 4.40 Å². The van der Waals surface area contributed by atoms with Crippen LogP contribution in [0.25, 0.3) is 40.1 Å². The number of phenolic OH excluding ortho intramolecular Hbond substituents is 1. The summed E-state index contributed by atoms with van der Waals surface area (Å²) in [5.74, 6) is 0.471. The number of para-hydroxylation sites is 2. The summed E-state index contributed by atoms with van der Waals surface area (Å²) >= 11 is 3.50. The summed E-state index contributed by atoms with van der Waals surface area (Å²) in [6.45, 7) is 0. The van der Waals surface area contributed by atoms with E-state index in [9.17, 15) is 10.4 Å². The minimum atomic E-state index is 0.0608. The fourth-order valence-corrected chi connectivity index (χ4v) is 4.19. The lowest BCUT2D eigenvalue weighted by Crippen LogP contribution is -1.98. The molecule has 2 aromatic heterocycles. The third kappa shape index (κ3) is 3.73. The van der Waals surface area contributed by atoms with E-state index in [1.807, 2.05) is 77.2 Å². The van der Waals surface area contributed by atoms with Crippen LogP contribution in [0.5, 0.6) is 11.5 Å². The molecule has 0 saturated carbocycles. The largest absolute Gasteiger partial charge is 0.504 e. The highest BCUT2D eigenvalue weighted by molar-refractivity contribution is 9.10. The Hall–Kier alpha value is -4.08. The molecule has 5 nitrogen and oxygen atoms in total. The average Bonchev–Trinajstić information content (AvgIpc) is 3.22. The molecule has 0 fully saturated rings. The standard InChI is InChI=1S/C27H18BrN3O2/c1-33-26-13-7-17(14-25(26)32)6-8-19-15-24(18-9-11-20(28)12-10-18)31-23-5-3-2-4-22(23)30-27(31)21(19)16-29/h2-15,32H,1H3/b8-6+. The molecule has 1 N–H and O–H groups in total. The van der Waals surface area contributed by atoms with Crippen molar-refractivity contribution in [3.63, 3.8) is 0 Å². The van der Waals surface area contributed by atoms with Crippen molar-refractivity contribution in [1.29, 1.82) is 5.26 Å². The van der Waals surface area contributed by atoms with E-state index in [1.165, 1.54) is 7.11 Å². The van der Waals surface area contributed by atoms with Crippen LogP contribution in [-0.4, -0.2) is 21.6 Å². The first kappa shape index (κ1) is 20.8. The molecule has 0 spiro atoms. The van der Waals surface area contributed by atoms with Crippen molar-refractivity contribution in [2.24, 2.45) is 0 Å². The second kappa shape index (κ2) is 8.45. The van der Waals surface area contributed by atoms with E-state index in [0.29, 0.717) is 17.0 Å². The fourth-order valence-electron chi connectivity index (χ4n) is 3.93. The van der Waals surface area contributed by atoms with E-state index in [2.05, 4.69) is 22.0 Å². The van der Waals surface area contributed by atoms with Gasteiger partial charge in [0, 0.05) is 4.47 Å². The molecule has 0 bridgehead atoms. The Morgan fingerprint density at radius 3 is 2.55 bits per heavy atom. The minimum Gasteiger partial charge on any atom is -0.504 e. The number of nitriles is 1. The van der Waals surface area contributed by atoms with Gasteiger partial charge in [0.15, 0.2) is 17.1 Å². The molecule has 0 radical (unpaired) electrons. The zero-order valence-electron chi connectivity index (χ0n) is 17.7. The van der Waals surface area contributed by atoms with E-state index in [-0.39, 0.29) is 5.75 Å². The molecule has 6 heteroatoms. The fraction of sp³-hybridized carbons (Fsp3) is 0.0370. The first-order valence-electron chi connectivity index (χ1n) is 10.2. The number of nitrogens with zero attached hydrogens (tertiary/aromatic N) is 3. The molecule has 5 aromatic rings. The molecule has 0 aliphatic carbocycles. The molecular weight excluding hydrogens is 478 g/mol. The molecule has 0 amide bonds. The predicted octanol–water partition coefficient (Wildman–Crippen LogP) is 6.67. The average molecular weight is 496 g/mol. The van der Waals surface area contributed by atoms with Crippen molar-refractivity contribution in [3.05, 3.63) is 94.0 Å². The van der Waals surface area contributed by atoms with E-state index < -0.39 is 0 Å². The number of phenols is 1. The highest BCUT2D eigenvalue weighted by Crippen LogP contribution is 2.32. The third-order valence-electron chi connectivity index (χ3n) is 5.52. The Labute approximate surface area is 199 Å². The van der Waals surface area contributed by atoms with Gasteiger partial charge in [-0.2, -0.15) is 5.26 Å². The molecule has 0 unspecified atom stereocenters. The van der Waals surface area contributed by atoms with Gasteiger partial charge < -0.3 is 9.84 Å². The van der Waals surface area contributed by atoms with Gasteiger partial charge in [-0.05, 0) is 59.2 Å². The van der Waals surface area contributed by atoms with Gasteiger partial charge in [0.1, 0.15) is 11.6 Å². The van der Waals surface area contributed by atoms with Crippen molar-refractivity contribution in [2.45, 2.75) is 0 Å². The molecule has 0 aliphatic rings. The normalized spacial score (nSPS) is 11.3. The topological polar surface area (TPSA) is 70.5 Å². The number of fused-ring (bicyclic) bond motifs is 3. The summed E-state index contributed by atoms with van der Waals surface area (Å²) in [6, 6.07) is 25.5. The molecule has 2 heterocycles. The minimum absolute atomic E-state index is 0.0608. The summed E-state index contributed by atoms with van der Waals surface area (Å²) in [4.78, 5) is 4.78. The summed E-state index contributed by atoms with van der Waals surface area (Å²) in [7, 11) is 1.51. The monoisotopic (exact) mass is 495 g/mol. The van der Waals surface area contributed by atoms with E-state index in [4.69, 9.17) is 9.72 Å². The molecule has 0 atom stereocenters. The van der Waals surface area contributed by atoms with Crippen LogP contribution < -0.4 is 4.74 Å². The molecule has 5 rings (SSSR count). The van der Waals surface area contributed by atoms with Crippen molar-refractivity contribution >= 4 is 44.8 Å². The van der Waals surface area contributed by atoms with E-state index in [1.54, 1.807) is 12.1 Å². The van der Waals surface area contributed by atoms with Gasteiger partial charge >= 0.3 is 0 Å². The lowest BCUT2D eigenvalue weighted by atomic mass is 10.0. The zero-order chi connectivity index (χ0) is 22.9. The zero-order valence-corrected chi connectivity index (χ0v) is 19.2. The second-order valence-electron chi connectivity index (χ2n) is 7.50. The number of hydrogen-bond donors (Lipinski definition) is 1. The number of hydrogen-bond acceptors (Lipinski definition) is 4. The first-order chi connectivity index (χ1) is 16.1. The molecule has 3 aromatic carbocycles. The Morgan fingerprint density at radius 1 is 1.03 bits per heavy atom. The number of rotatable bonds is 4. The second-order valence-corrected chi connectivity index (χ2v) is 8.42. The quantitative estimate of drug-likeness (QED) is 0.302. The number of aromatic hydroxyl groups is 1. The number of benzene rings is 3. The number of ether oxygens (including phenoxy) is 1. The third-order valence-corrected chi connectivity index (χ3v) is 6.04. The Bertz CT molecular complexity index is 1580.